The van der Waals surface area contributed by atoms with E-state index in [2.05, 4.69) is 11.5 Å². The van der Waals surface area contributed by atoms with Gasteiger partial charge in [-0.1, -0.05) is 35.9 Å². The smallest absolute Gasteiger partial charge is 0.124 e. The molecule has 2 rings (SSSR count). The minimum absolute atomic E-state index is 0.102. The maximum absolute atomic E-state index is 6.16. The molecule has 0 spiro atoms. The van der Waals surface area contributed by atoms with Crippen molar-refractivity contribution < 1.29 is 4.74 Å². The van der Waals surface area contributed by atoms with E-state index in [1.165, 1.54) is 0 Å². The second kappa shape index (κ2) is 6.94. The highest BCUT2D eigenvalue weighted by atomic mass is 35.5. The molecule has 0 saturated carbocycles. The Balaban J connectivity index is 2.46. The van der Waals surface area contributed by atoms with Crippen molar-refractivity contribution in [2.45, 2.75) is 32.9 Å². The molecule has 3 nitrogen and oxygen atoms in total. The summed E-state index contributed by atoms with van der Waals surface area (Å²) in [4.78, 5) is 0. The van der Waals surface area contributed by atoms with E-state index in [-0.39, 0.29) is 12.1 Å². The lowest BCUT2D eigenvalue weighted by atomic mass is 9.97. The van der Waals surface area contributed by atoms with Gasteiger partial charge in [0.2, 0.25) is 0 Å². The molecule has 1 atom stereocenters. The fourth-order valence-electron chi connectivity index (χ4n) is 2.38. The normalized spacial score (nSPS) is 12.5. The molecule has 0 aromatic heterocycles. The van der Waals surface area contributed by atoms with Crippen LogP contribution >= 0.6 is 11.6 Å². The van der Waals surface area contributed by atoms with Gasteiger partial charge in [0.1, 0.15) is 5.75 Å². The standard InChI is InChI=1S/C17H21ClN2O/c1-11(2)21-16-7-5-4-6-15(16)17(20-19)13-8-12(3)9-14(18)10-13/h4-11,17,20H,19H2,1-3H3. The lowest BCUT2D eigenvalue weighted by Crippen LogP contribution is -2.29. The largest absolute Gasteiger partial charge is 0.491 e. The number of nitrogens with one attached hydrogen (secondary N) is 1. The van der Waals surface area contributed by atoms with E-state index in [0.29, 0.717) is 5.02 Å². The first-order valence-electron chi connectivity index (χ1n) is 7.00. The average molecular weight is 305 g/mol. The zero-order valence-electron chi connectivity index (χ0n) is 12.6. The molecule has 0 aliphatic carbocycles. The summed E-state index contributed by atoms with van der Waals surface area (Å²) in [5, 5.41) is 0.701. The van der Waals surface area contributed by atoms with Gasteiger partial charge >= 0.3 is 0 Å². The first-order valence-corrected chi connectivity index (χ1v) is 7.38. The SMILES string of the molecule is Cc1cc(Cl)cc(C(NN)c2ccccc2OC(C)C)c1. The van der Waals surface area contributed by atoms with Crippen LogP contribution < -0.4 is 16.0 Å². The first kappa shape index (κ1) is 15.8. The molecule has 0 heterocycles. The zero-order chi connectivity index (χ0) is 15.4. The summed E-state index contributed by atoms with van der Waals surface area (Å²) in [6.07, 6.45) is 0.102. The second-order valence-corrected chi connectivity index (χ2v) is 5.80. The highest BCUT2D eigenvalue weighted by Gasteiger charge is 2.18. The number of para-hydroxylation sites is 1. The highest BCUT2D eigenvalue weighted by Crippen LogP contribution is 2.31. The predicted octanol–water partition coefficient (Wildman–Crippen LogP) is 3.99. The molecule has 0 saturated heterocycles. The van der Waals surface area contributed by atoms with E-state index < -0.39 is 0 Å². The maximum Gasteiger partial charge on any atom is 0.124 e. The van der Waals surface area contributed by atoms with Gasteiger partial charge in [-0.15, -0.1) is 0 Å². The number of benzene rings is 2. The Morgan fingerprint density at radius 3 is 2.48 bits per heavy atom. The highest BCUT2D eigenvalue weighted by molar-refractivity contribution is 6.30. The number of halogens is 1. The van der Waals surface area contributed by atoms with E-state index in [4.69, 9.17) is 22.2 Å². The third-order valence-corrected chi connectivity index (χ3v) is 3.38. The van der Waals surface area contributed by atoms with Crippen LogP contribution in [0.2, 0.25) is 5.02 Å². The molecule has 2 aromatic carbocycles. The van der Waals surface area contributed by atoms with Crippen LogP contribution in [0.4, 0.5) is 0 Å². The van der Waals surface area contributed by atoms with Gasteiger partial charge in [-0.2, -0.15) is 0 Å². The van der Waals surface area contributed by atoms with Crippen LogP contribution in [0.1, 0.15) is 36.6 Å². The van der Waals surface area contributed by atoms with E-state index in [1.807, 2.05) is 57.2 Å². The van der Waals surface area contributed by atoms with Crippen molar-refractivity contribution in [3.05, 3.63) is 64.2 Å². The molecular weight excluding hydrogens is 284 g/mol. The van der Waals surface area contributed by atoms with Gasteiger partial charge in [0.05, 0.1) is 12.1 Å². The Kier molecular flexibility index (Phi) is 5.23. The minimum atomic E-state index is -0.169. The number of ether oxygens (including phenoxy) is 1. The van der Waals surface area contributed by atoms with Gasteiger partial charge in [0, 0.05) is 10.6 Å². The molecule has 1 unspecified atom stereocenters. The van der Waals surface area contributed by atoms with Crippen molar-refractivity contribution in [1.29, 1.82) is 0 Å². The number of aryl methyl sites for hydroxylation is 1. The van der Waals surface area contributed by atoms with Gasteiger partial charge in [0.15, 0.2) is 0 Å². The maximum atomic E-state index is 6.16. The summed E-state index contributed by atoms with van der Waals surface area (Å²) in [7, 11) is 0. The van der Waals surface area contributed by atoms with Crippen LogP contribution in [0.5, 0.6) is 5.75 Å². The van der Waals surface area contributed by atoms with Crippen molar-refractivity contribution in [2.75, 3.05) is 0 Å². The summed E-state index contributed by atoms with van der Waals surface area (Å²) in [6, 6.07) is 13.7. The van der Waals surface area contributed by atoms with Crippen LogP contribution in [0.15, 0.2) is 42.5 Å². The molecule has 0 bridgehead atoms. The van der Waals surface area contributed by atoms with Crippen molar-refractivity contribution in [3.8, 4) is 5.75 Å². The molecule has 0 fully saturated rings. The Morgan fingerprint density at radius 1 is 1.14 bits per heavy atom. The number of hydrazine groups is 1. The number of nitrogens with two attached hydrogens (primary N) is 1. The molecule has 112 valence electrons. The number of rotatable bonds is 5. The molecule has 0 aliphatic heterocycles. The number of hydrogen-bond acceptors (Lipinski definition) is 3. The van der Waals surface area contributed by atoms with Crippen molar-refractivity contribution in [1.82, 2.24) is 5.43 Å². The third-order valence-electron chi connectivity index (χ3n) is 3.16. The first-order chi connectivity index (χ1) is 10.0. The Bertz CT molecular complexity index is 593. The zero-order valence-corrected chi connectivity index (χ0v) is 13.3. The molecule has 2 aromatic rings. The molecular formula is C17H21ClN2O. The number of hydrogen-bond donors (Lipinski definition) is 2. The van der Waals surface area contributed by atoms with Gasteiger partial charge in [-0.25, -0.2) is 5.43 Å². The second-order valence-electron chi connectivity index (χ2n) is 5.37. The summed E-state index contributed by atoms with van der Waals surface area (Å²) in [5.74, 6) is 6.61. The summed E-state index contributed by atoms with van der Waals surface area (Å²) >= 11 is 6.16. The van der Waals surface area contributed by atoms with E-state index in [1.54, 1.807) is 0 Å². The quantitative estimate of drug-likeness (QED) is 0.648. The lowest BCUT2D eigenvalue weighted by Gasteiger charge is -2.22. The summed E-state index contributed by atoms with van der Waals surface area (Å²) in [6.45, 7) is 6.02. The molecule has 0 radical (unpaired) electrons. The molecule has 0 amide bonds. The molecule has 0 aliphatic rings. The monoisotopic (exact) mass is 304 g/mol. The van der Waals surface area contributed by atoms with Crippen molar-refractivity contribution in [3.63, 3.8) is 0 Å². The Hall–Kier alpha value is -1.55. The van der Waals surface area contributed by atoms with Crippen LogP contribution in [-0.4, -0.2) is 6.10 Å². The van der Waals surface area contributed by atoms with Gasteiger partial charge in [-0.05, 0) is 50.1 Å². The fourth-order valence-corrected chi connectivity index (χ4v) is 2.68. The van der Waals surface area contributed by atoms with Crippen molar-refractivity contribution in [2.24, 2.45) is 5.84 Å². The Morgan fingerprint density at radius 2 is 1.86 bits per heavy atom. The van der Waals surface area contributed by atoms with Gasteiger partial charge < -0.3 is 4.74 Å². The molecule has 4 heteroatoms. The van der Waals surface area contributed by atoms with Gasteiger partial charge in [0.25, 0.3) is 0 Å². The van der Waals surface area contributed by atoms with Crippen LogP contribution in [0, 0.1) is 6.92 Å². The molecule has 21 heavy (non-hydrogen) atoms. The summed E-state index contributed by atoms with van der Waals surface area (Å²) < 4.78 is 5.88. The molecule has 3 N–H and O–H groups in total. The van der Waals surface area contributed by atoms with Gasteiger partial charge in [-0.3, -0.25) is 5.84 Å². The predicted molar refractivity (Wildman–Crippen MR) is 87.6 cm³/mol. The summed E-state index contributed by atoms with van der Waals surface area (Å²) in [5.41, 5.74) is 5.97. The van der Waals surface area contributed by atoms with Crippen LogP contribution in [0.25, 0.3) is 0 Å². The average Bonchev–Trinajstić information content (AvgIpc) is 2.40. The van der Waals surface area contributed by atoms with Crippen molar-refractivity contribution >= 4 is 11.6 Å². The van der Waals surface area contributed by atoms with E-state index in [9.17, 15) is 0 Å². The van der Waals surface area contributed by atoms with Crippen LogP contribution in [-0.2, 0) is 0 Å². The third kappa shape index (κ3) is 3.97. The Labute approximate surface area is 131 Å². The minimum Gasteiger partial charge on any atom is -0.491 e. The topological polar surface area (TPSA) is 47.3 Å². The lowest BCUT2D eigenvalue weighted by molar-refractivity contribution is 0.238. The van der Waals surface area contributed by atoms with E-state index in [0.717, 1.165) is 22.4 Å². The fraction of sp³-hybridized carbons (Fsp3) is 0.294. The van der Waals surface area contributed by atoms with E-state index >= 15 is 0 Å². The van der Waals surface area contributed by atoms with Crippen LogP contribution in [0.3, 0.4) is 0 Å².